The van der Waals surface area contributed by atoms with Crippen LogP contribution in [-0.4, -0.2) is 45.7 Å². The molecule has 8 heteroatoms. The first-order chi connectivity index (χ1) is 16.6. The Hall–Kier alpha value is -3.13. The molecule has 2 heterocycles. The van der Waals surface area contributed by atoms with E-state index < -0.39 is 23.2 Å². The molecule has 1 aliphatic rings. The van der Waals surface area contributed by atoms with E-state index in [9.17, 15) is 14.4 Å². The van der Waals surface area contributed by atoms with Gasteiger partial charge in [-0.25, -0.2) is 14.2 Å². The molecule has 35 heavy (non-hydrogen) atoms. The van der Waals surface area contributed by atoms with Crippen LogP contribution < -0.4 is 0 Å². The Bertz CT molecular complexity index is 1280. The molecule has 3 aromatic rings. The largest absolute Gasteiger partial charge is 0.467 e. The van der Waals surface area contributed by atoms with E-state index >= 15 is 0 Å². The van der Waals surface area contributed by atoms with E-state index in [-0.39, 0.29) is 25.3 Å². The lowest BCUT2D eigenvalue weighted by atomic mass is 9.87. The number of ether oxygens (including phenoxy) is 2. The van der Waals surface area contributed by atoms with Crippen LogP contribution in [0.25, 0.3) is 10.9 Å². The van der Waals surface area contributed by atoms with Crippen LogP contribution in [0.1, 0.15) is 44.7 Å². The maximum atomic E-state index is 13.3. The highest BCUT2D eigenvalue weighted by Crippen LogP contribution is 2.41. The fourth-order valence-corrected chi connectivity index (χ4v) is 5.40. The molecule has 1 atom stereocenters. The van der Waals surface area contributed by atoms with Gasteiger partial charge in [0.25, 0.3) is 0 Å². The molecular weight excluding hydrogens is 512 g/mol. The molecule has 0 saturated carbocycles. The van der Waals surface area contributed by atoms with Crippen molar-refractivity contribution in [3.05, 3.63) is 70.3 Å². The van der Waals surface area contributed by atoms with Crippen LogP contribution in [0, 0.1) is 0 Å². The van der Waals surface area contributed by atoms with E-state index in [1.807, 2.05) is 75.4 Å². The van der Waals surface area contributed by atoms with Gasteiger partial charge < -0.3 is 14.4 Å². The Morgan fingerprint density at radius 2 is 1.71 bits per heavy atom. The zero-order valence-corrected chi connectivity index (χ0v) is 21.9. The van der Waals surface area contributed by atoms with Gasteiger partial charge in [-0.15, -0.1) is 0 Å². The topological polar surface area (TPSA) is 77.8 Å². The van der Waals surface area contributed by atoms with Crippen molar-refractivity contribution in [1.29, 1.82) is 0 Å². The van der Waals surface area contributed by atoms with Crippen molar-refractivity contribution < 1.29 is 23.9 Å². The van der Waals surface area contributed by atoms with Crippen molar-refractivity contribution in [2.24, 2.45) is 0 Å². The molecule has 0 N–H and O–H groups in total. The van der Waals surface area contributed by atoms with Gasteiger partial charge in [0.15, 0.2) is 0 Å². The standard InChI is InChI=1S/C27H29BrN2O5/c1-26(2,3)35-25(33)30-21-13-9-8-12-19(21)20(23(30)28)16-27(24(32)34-4)15-14-22(31)29(27)17-18-10-6-5-7-11-18/h5-13H,14-17H2,1-4H3/t27-/m1/s1. The van der Waals surface area contributed by atoms with Gasteiger partial charge in [-0.1, -0.05) is 48.5 Å². The van der Waals surface area contributed by atoms with Gasteiger partial charge in [0.2, 0.25) is 5.91 Å². The summed E-state index contributed by atoms with van der Waals surface area (Å²) < 4.78 is 12.9. The van der Waals surface area contributed by atoms with E-state index in [1.165, 1.54) is 11.7 Å². The lowest BCUT2D eigenvalue weighted by Gasteiger charge is -2.36. The quantitative estimate of drug-likeness (QED) is 0.401. The Labute approximate surface area is 213 Å². The summed E-state index contributed by atoms with van der Waals surface area (Å²) in [6.45, 7) is 5.72. The normalized spacial score (nSPS) is 18.2. The van der Waals surface area contributed by atoms with Crippen molar-refractivity contribution in [2.45, 2.75) is 57.7 Å². The van der Waals surface area contributed by atoms with Crippen molar-refractivity contribution in [3.8, 4) is 0 Å². The molecule has 0 bridgehead atoms. The molecule has 184 valence electrons. The van der Waals surface area contributed by atoms with Gasteiger partial charge >= 0.3 is 12.1 Å². The lowest BCUT2D eigenvalue weighted by molar-refractivity contribution is -0.158. The van der Waals surface area contributed by atoms with E-state index in [0.29, 0.717) is 16.5 Å². The third-order valence-corrected chi connectivity index (χ3v) is 7.11. The van der Waals surface area contributed by atoms with Crippen LogP contribution in [0.2, 0.25) is 0 Å². The summed E-state index contributed by atoms with van der Waals surface area (Å²) in [5, 5.41) is 0.799. The maximum absolute atomic E-state index is 13.3. The minimum atomic E-state index is -1.20. The molecule has 4 rings (SSSR count). The molecule has 1 saturated heterocycles. The molecule has 0 aliphatic carbocycles. The van der Waals surface area contributed by atoms with E-state index in [4.69, 9.17) is 9.47 Å². The molecule has 0 unspecified atom stereocenters. The summed E-state index contributed by atoms with van der Waals surface area (Å²) >= 11 is 3.61. The second-order valence-corrected chi connectivity index (χ2v) is 10.5. The van der Waals surface area contributed by atoms with Crippen molar-refractivity contribution >= 4 is 44.8 Å². The predicted octanol–water partition coefficient (Wildman–Crippen LogP) is 5.46. The van der Waals surface area contributed by atoms with Gasteiger partial charge in [0, 0.05) is 24.8 Å². The number of carbonyl (C=O) groups excluding carboxylic acids is 3. The first-order valence-electron chi connectivity index (χ1n) is 11.5. The summed E-state index contributed by atoms with van der Waals surface area (Å²) in [6, 6.07) is 17.0. The summed E-state index contributed by atoms with van der Waals surface area (Å²) in [5.41, 5.74) is 0.436. The highest BCUT2D eigenvalue weighted by atomic mass is 79.9. The molecule has 1 amide bonds. The van der Waals surface area contributed by atoms with Gasteiger partial charge in [0.1, 0.15) is 11.1 Å². The smallest absolute Gasteiger partial charge is 0.419 e. The van der Waals surface area contributed by atoms with Crippen LogP contribution in [0.15, 0.2) is 59.2 Å². The number of hydrogen-bond donors (Lipinski definition) is 0. The van der Waals surface area contributed by atoms with Crippen LogP contribution >= 0.6 is 15.9 Å². The Morgan fingerprint density at radius 3 is 2.37 bits per heavy atom. The highest BCUT2D eigenvalue weighted by Gasteiger charge is 2.52. The van der Waals surface area contributed by atoms with Crippen molar-refractivity contribution in [3.63, 3.8) is 0 Å². The molecule has 7 nitrogen and oxygen atoms in total. The van der Waals surface area contributed by atoms with Crippen LogP contribution in [0.3, 0.4) is 0 Å². The van der Waals surface area contributed by atoms with E-state index in [2.05, 4.69) is 15.9 Å². The Kier molecular flexibility index (Phi) is 6.77. The number of fused-ring (bicyclic) bond motifs is 1. The number of aromatic nitrogens is 1. The number of para-hydroxylation sites is 1. The number of benzene rings is 2. The maximum Gasteiger partial charge on any atom is 0.419 e. The first kappa shape index (κ1) is 25.0. The van der Waals surface area contributed by atoms with Crippen LogP contribution in [0.5, 0.6) is 0 Å². The zero-order chi connectivity index (χ0) is 25.4. The fourth-order valence-electron chi connectivity index (χ4n) is 4.71. The highest BCUT2D eigenvalue weighted by molar-refractivity contribution is 9.10. The van der Waals surface area contributed by atoms with E-state index in [0.717, 1.165) is 16.5 Å². The number of methoxy groups -OCH3 is 1. The van der Waals surface area contributed by atoms with Crippen molar-refractivity contribution in [2.75, 3.05) is 7.11 Å². The number of esters is 1. The number of halogens is 1. The van der Waals surface area contributed by atoms with Gasteiger partial charge in [0.05, 0.1) is 17.2 Å². The molecule has 1 fully saturated rings. The van der Waals surface area contributed by atoms with E-state index in [1.54, 1.807) is 4.90 Å². The monoisotopic (exact) mass is 540 g/mol. The number of nitrogens with zero attached hydrogens (tertiary/aromatic N) is 2. The minimum Gasteiger partial charge on any atom is -0.467 e. The lowest BCUT2D eigenvalue weighted by Crippen LogP contribution is -2.53. The number of hydrogen-bond acceptors (Lipinski definition) is 5. The predicted molar refractivity (Wildman–Crippen MR) is 136 cm³/mol. The number of amides is 1. The zero-order valence-electron chi connectivity index (χ0n) is 20.3. The summed E-state index contributed by atoms with van der Waals surface area (Å²) in [7, 11) is 1.34. The molecule has 1 aromatic heterocycles. The molecule has 2 aromatic carbocycles. The SMILES string of the molecule is COC(=O)[C@]1(Cc2c(Br)n(C(=O)OC(C)(C)C)c3ccccc23)CCC(=O)N1Cc1ccccc1. The molecular formula is C27H29BrN2O5. The molecule has 0 radical (unpaired) electrons. The third-order valence-electron chi connectivity index (χ3n) is 6.28. The number of carbonyl (C=O) groups is 3. The average molecular weight is 541 g/mol. The second kappa shape index (κ2) is 9.49. The second-order valence-electron chi connectivity index (χ2n) is 9.77. The Morgan fingerprint density at radius 1 is 1.06 bits per heavy atom. The molecule has 1 aliphatic heterocycles. The Balaban J connectivity index is 1.83. The third kappa shape index (κ3) is 4.72. The fraction of sp³-hybridized carbons (Fsp3) is 0.370. The molecule has 0 spiro atoms. The summed E-state index contributed by atoms with van der Waals surface area (Å²) in [4.78, 5) is 41.1. The van der Waals surface area contributed by atoms with Crippen LogP contribution in [-0.2, 0) is 32.0 Å². The summed E-state index contributed by atoms with van der Waals surface area (Å²) in [6.07, 6.45) is 0.228. The number of likely N-dealkylation sites (tertiary alicyclic amines) is 1. The minimum absolute atomic E-state index is 0.105. The number of rotatable bonds is 5. The van der Waals surface area contributed by atoms with Crippen LogP contribution in [0.4, 0.5) is 4.79 Å². The van der Waals surface area contributed by atoms with Gasteiger partial charge in [-0.05, 0) is 60.3 Å². The summed E-state index contributed by atoms with van der Waals surface area (Å²) in [5.74, 6) is -0.577. The van der Waals surface area contributed by atoms with Crippen molar-refractivity contribution in [1.82, 2.24) is 9.47 Å². The average Bonchev–Trinajstić information content (AvgIpc) is 3.28. The van der Waals surface area contributed by atoms with Gasteiger partial charge in [-0.2, -0.15) is 0 Å². The first-order valence-corrected chi connectivity index (χ1v) is 12.3. The van der Waals surface area contributed by atoms with Gasteiger partial charge in [-0.3, -0.25) is 4.79 Å².